The first-order chi connectivity index (χ1) is 13.0. The van der Waals surface area contributed by atoms with Gasteiger partial charge in [-0.05, 0) is 29.3 Å². The number of carbonyl (C=O) groups excluding carboxylic acids is 1. The minimum Gasteiger partial charge on any atom is -0.345 e. The zero-order valence-electron chi connectivity index (χ0n) is 15.8. The van der Waals surface area contributed by atoms with E-state index in [0.29, 0.717) is 0 Å². The molecule has 5 nitrogen and oxygen atoms in total. The Morgan fingerprint density at radius 2 is 2.04 bits per heavy atom. The molecule has 1 aromatic heterocycles. The summed E-state index contributed by atoms with van der Waals surface area (Å²) in [5, 5.41) is 0. The van der Waals surface area contributed by atoms with Gasteiger partial charge in [0.05, 0.1) is 23.4 Å². The molecule has 27 heavy (non-hydrogen) atoms. The zero-order chi connectivity index (χ0) is 18.6. The van der Waals surface area contributed by atoms with Crippen LogP contribution in [0.1, 0.15) is 41.4 Å². The molecule has 2 aliphatic rings. The molecule has 138 valence electrons. The second-order valence-electron chi connectivity index (χ2n) is 8.34. The smallest absolute Gasteiger partial charge is 0.254 e. The third kappa shape index (κ3) is 2.65. The van der Waals surface area contributed by atoms with Crippen LogP contribution in [0.3, 0.4) is 0 Å². The molecule has 1 saturated heterocycles. The number of aromatic nitrogens is 2. The lowest BCUT2D eigenvalue weighted by Gasteiger charge is -2.50. The van der Waals surface area contributed by atoms with Crippen molar-refractivity contribution in [2.45, 2.75) is 25.3 Å². The Labute approximate surface area is 159 Å². The Kier molecular flexibility index (Phi) is 3.62. The average Bonchev–Trinajstić information content (AvgIpc) is 3.15. The van der Waals surface area contributed by atoms with Crippen LogP contribution < -0.4 is 0 Å². The molecule has 1 fully saturated rings. The van der Waals surface area contributed by atoms with Gasteiger partial charge in [-0.15, -0.1) is 0 Å². The topological polar surface area (TPSA) is 52.2 Å². The number of benzene rings is 2. The number of nitrogens with one attached hydrogen (secondary N) is 1. The fourth-order valence-corrected chi connectivity index (χ4v) is 4.74. The van der Waals surface area contributed by atoms with Crippen LogP contribution in [-0.4, -0.2) is 51.9 Å². The van der Waals surface area contributed by atoms with Crippen molar-refractivity contribution in [2.75, 3.05) is 26.2 Å². The van der Waals surface area contributed by atoms with Crippen molar-refractivity contribution >= 4 is 16.9 Å². The van der Waals surface area contributed by atoms with E-state index in [9.17, 15) is 4.79 Å². The number of fused-ring (bicyclic) bond motifs is 4. The van der Waals surface area contributed by atoms with Crippen LogP contribution in [-0.2, 0) is 5.41 Å². The molecular weight excluding hydrogens is 336 g/mol. The highest BCUT2D eigenvalue weighted by molar-refractivity contribution is 5.97. The molecule has 3 heterocycles. The Balaban J connectivity index is 1.45. The molecular formula is C22H24N4O. The van der Waals surface area contributed by atoms with Gasteiger partial charge in [0.15, 0.2) is 0 Å². The number of H-pyrrole nitrogens is 1. The van der Waals surface area contributed by atoms with Crippen molar-refractivity contribution in [3.8, 4) is 0 Å². The Morgan fingerprint density at radius 1 is 1.19 bits per heavy atom. The SMILES string of the molecule is CC1(C)CN2CCN(C(=O)c3ccc4nc[nH]c4c3)CC2c2ccccc21. The second-order valence-corrected chi connectivity index (χ2v) is 8.34. The highest BCUT2D eigenvalue weighted by Gasteiger charge is 2.41. The van der Waals surface area contributed by atoms with Gasteiger partial charge in [0.25, 0.3) is 5.91 Å². The molecule has 1 amide bonds. The number of carbonyl (C=O) groups is 1. The number of hydrogen-bond acceptors (Lipinski definition) is 3. The molecule has 1 atom stereocenters. The van der Waals surface area contributed by atoms with Gasteiger partial charge < -0.3 is 9.88 Å². The molecule has 1 N–H and O–H groups in total. The minimum absolute atomic E-state index is 0.105. The maximum absolute atomic E-state index is 13.2. The summed E-state index contributed by atoms with van der Waals surface area (Å²) in [5.41, 5.74) is 5.45. The number of rotatable bonds is 1. The summed E-state index contributed by atoms with van der Waals surface area (Å²) in [7, 11) is 0. The predicted octanol–water partition coefficient (Wildman–Crippen LogP) is 3.35. The summed E-state index contributed by atoms with van der Waals surface area (Å²) >= 11 is 0. The molecule has 1 unspecified atom stereocenters. The number of aromatic amines is 1. The average molecular weight is 360 g/mol. The molecule has 0 radical (unpaired) electrons. The number of nitrogens with zero attached hydrogens (tertiary/aromatic N) is 3. The van der Waals surface area contributed by atoms with E-state index in [1.807, 2.05) is 23.1 Å². The molecule has 0 bridgehead atoms. The molecule has 2 aliphatic heterocycles. The van der Waals surface area contributed by atoms with Gasteiger partial charge in [0.2, 0.25) is 0 Å². The van der Waals surface area contributed by atoms with Crippen LogP contribution in [0, 0.1) is 0 Å². The first-order valence-electron chi connectivity index (χ1n) is 9.59. The van der Waals surface area contributed by atoms with Gasteiger partial charge in [0, 0.05) is 37.2 Å². The lowest BCUT2D eigenvalue weighted by molar-refractivity contribution is 0.0359. The van der Waals surface area contributed by atoms with Crippen molar-refractivity contribution in [1.29, 1.82) is 0 Å². The van der Waals surface area contributed by atoms with E-state index in [1.54, 1.807) is 6.33 Å². The maximum atomic E-state index is 13.2. The second kappa shape index (κ2) is 5.92. The van der Waals surface area contributed by atoms with Crippen molar-refractivity contribution in [3.63, 3.8) is 0 Å². The van der Waals surface area contributed by atoms with E-state index in [2.05, 4.69) is 53.0 Å². The highest BCUT2D eigenvalue weighted by atomic mass is 16.2. The van der Waals surface area contributed by atoms with Crippen molar-refractivity contribution in [1.82, 2.24) is 19.8 Å². The Morgan fingerprint density at radius 3 is 2.93 bits per heavy atom. The summed E-state index contributed by atoms with van der Waals surface area (Å²) in [4.78, 5) is 25.0. The standard InChI is InChI=1S/C22H24N4O/c1-22(2)13-26-10-9-25(12-20(26)16-5-3-4-6-17(16)22)21(27)15-7-8-18-19(11-15)24-14-23-18/h3-8,11,14,20H,9-10,12-13H2,1-2H3,(H,23,24). The summed E-state index contributed by atoms with van der Waals surface area (Å²) in [6, 6.07) is 14.7. The number of hydrogen-bond donors (Lipinski definition) is 1. The number of imidazole rings is 1. The molecule has 0 aliphatic carbocycles. The quantitative estimate of drug-likeness (QED) is 0.724. The van der Waals surface area contributed by atoms with Gasteiger partial charge in [-0.2, -0.15) is 0 Å². The highest BCUT2D eigenvalue weighted by Crippen LogP contribution is 2.41. The van der Waals surface area contributed by atoms with Crippen LogP contribution in [0.5, 0.6) is 0 Å². The van der Waals surface area contributed by atoms with Crippen LogP contribution in [0.4, 0.5) is 0 Å². The van der Waals surface area contributed by atoms with E-state index in [-0.39, 0.29) is 17.4 Å². The van der Waals surface area contributed by atoms with E-state index in [4.69, 9.17) is 0 Å². The fourth-order valence-electron chi connectivity index (χ4n) is 4.74. The summed E-state index contributed by atoms with van der Waals surface area (Å²) in [6.45, 7) is 8.11. The Hall–Kier alpha value is -2.66. The summed E-state index contributed by atoms with van der Waals surface area (Å²) in [6.07, 6.45) is 1.67. The lowest BCUT2D eigenvalue weighted by atomic mass is 9.75. The van der Waals surface area contributed by atoms with Crippen LogP contribution in [0.2, 0.25) is 0 Å². The van der Waals surface area contributed by atoms with Crippen molar-refractivity contribution in [2.24, 2.45) is 0 Å². The van der Waals surface area contributed by atoms with E-state index in [0.717, 1.165) is 42.8 Å². The minimum atomic E-state index is 0.105. The van der Waals surface area contributed by atoms with Crippen LogP contribution >= 0.6 is 0 Å². The molecule has 2 aromatic carbocycles. The summed E-state index contributed by atoms with van der Waals surface area (Å²) < 4.78 is 0. The monoisotopic (exact) mass is 360 g/mol. The van der Waals surface area contributed by atoms with Crippen molar-refractivity contribution in [3.05, 3.63) is 65.5 Å². The van der Waals surface area contributed by atoms with Gasteiger partial charge in [-0.1, -0.05) is 38.1 Å². The van der Waals surface area contributed by atoms with Gasteiger partial charge in [-0.3, -0.25) is 9.69 Å². The summed E-state index contributed by atoms with van der Waals surface area (Å²) in [5.74, 6) is 0.105. The van der Waals surface area contributed by atoms with Crippen molar-refractivity contribution < 1.29 is 4.79 Å². The van der Waals surface area contributed by atoms with E-state index < -0.39 is 0 Å². The van der Waals surface area contributed by atoms with Crippen LogP contribution in [0.25, 0.3) is 11.0 Å². The largest absolute Gasteiger partial charge is 0.345 e. The third-order valence-corrected chi connectivity index (χ3v) is 6.09. The molecule has 3 aromatic rings. The normalized spacial score (nSPS) is 21.7. The van der Waals surface area contributed by atoms with Gasteiger partial charge in [0.1, 0.15) is 0 Å². The first-order valence-corrected chi connectivity index (χ1v) is 9.59. The zero-order valence-corrected chi connectivity index (χ0v) is 15.8. The van der Waals surface area contributed by atoms with E-state index >= 15 is 0 Å². The number of amides is 1. The van der Waals surface area contributed by atoms with Crippen LogP contribution in [0.15, 0.2) is 48.8 Å². The first kappa shape index (κ1) is 16.5. The number of piperazine rings is 1. The fraction of sp³-hybridized carbons (Fsp3) is 0.364. The van der Waals surface area contributed by atoms with Gasteiger partial charge >= 0.3 is 0 Å². The maximum Gasteiger partial charge on any atom is 0.254 e. The molecule has 5 heteroatoms. The molecule has 0 spiro atoms. The molecule has 0 saturated carbocycles. The van der Waals surface area contributed by atoms with E-state index in [1.165, 1.54) is 11.1 Å². The third-order valence-electron chi connectivity index (χ3n) is 6.09. The van der Waals surface area contributed by atoms with Gasteiger partial charge in [-0.25, -0.2) is 4.98 Å². The predicted molar refractivity (Wildman–Crippen MR) is 106 cm³/mol. The molecule has 5 rings (SSSR count). The Bertz CT molecular complexity index is 1020. The lowest BCUT2D eigenvalue weighted by Crippen LogP contribution is -2.55.